The average molecular weight is 457 g/mol. The van der Waals surface area contributed by atoms with Gasteiger partial charge in [-0.05, 0) is 48.4 Å². The fourth-order valence-electron chi connectivity index (χ4n) is 3.81. The molecule has 34 heavy (non-hydrogen) atoms. The van der Waals surface area contributed by atoms with Crippen LogP contribution in [0.2, 0.25) is 0 Å². The fraction of sp³-hybridized carbons (Fsp3) is 0.154. The molecule has 0 bridgehead atoms. The summed E-state index contributed by atoms with van der Waals surface area (Å²) in [4.78, 5) is 40.9. The number of nitrogens with zero attached hydrogens (tertiary/aromatic N) is 3. The molecule has 0 unspecified atom stereocenters. The number of amides is 2. The van der Waals surface area contributed by atoms with Crippen LogP contribution in [0.25, 0.3) is 5.57 Å². The Morgan fingerprint density at radius 1 is 0.912 bits per heavy atom. The molecule has 172 valence electrons. The predicted molar refractivity (Wildman–Crippen MR) is 130 cm³/mol. The maximum atomic E-state index is 13.8. The molecule has 0 N–H and O–H groups in total. The van der Waals surface area contributed by atoms with E-state index in [9.17, 15) is 19.7 Å². The number of para-hydroxylation sites is 3. The van der Waals surface area contributed by atoms with Gasteiger partial charge in [0.2, 0.25) is 0 Å². The molecule has 0 saturated carbocycles. The van der Waals surface area contributed by atoms with Crippen LogP contribution in [0.3, 0.4) is 0 Å². The number of hydrogen-bond donors (Lipinski definition) is 0. The molecule has 4 rings (SSSR count). The summed E-state index contributed by atoms with van der Waals surface area (Å²) in [6.45, 7) is 2.41. The van der Waals surface area contributed by atoms with Crippen molar-refractivity contribution in [2.75, 3.05) is 23.5 Å². The first-order chi connectivity index (χ1) is 16.4. The molecule has 0 radical (unpaired) electrons. The highest BCUT2D eigenvalue weighted by Crippen LogP contribution is 2.39. The van der Waals surface area contributed by atoms with Gasteiger partial charge < -0.3 is 9.64 Å². The molecule has 8 heteroatoms. The fourth-order valence-corrected chi connectivity index (χ4v) is 3.81. The van der Waals surface area contributed by atoms with Crippen LogP contribution in [0.15, 0.2) is 84.6 Å². The third-order valence-corrected chi connectivity index (χ3v) is 5.47. The first-order valence-corrected chi connectivity index (χ1v) is 10.8. The van der Waals surface area contributed by atoms with Gasteiger partial charge in [-0.15, -0.1) is 0 Å². The maximum absolute atomic E-state index is 13.8. The highest BCUT2D eigenvalue weighted by molar-refractivity contribution is 6.46. The molecule has 0 spiro atoms. The Labute approximate surface area is 196 Å². The number of nitro benzene ring substituents is 1. The van der Waals surface area contributed by atoms with Gasteiger partial charge in [0.15, 0.2) is 0 Å². The number of carbonyl (C=O) groups excluding carboxylic acids is 2. The number of carbonyl (C=O) groups is 2. The summed E-state index contributed by atoms with van der Waals surface area (Å²) in [7, 11) is 1.71. The second-order valence-electron chi connectivity index (χ2n) is 7.68. The number of rotatable bonds is 8. The number of non-ortho nitro benzene ring substituents is 1. The van der Waals surface area contributed by atoms with E-state index in [-0.39, 0.29) is 17.0 Å². The van der Waals surface area contributed by atoms with E-state index < -0.39 is 16.7 Å². The molecule has 3 aromatic carbocycles. The molecule has 1 aliphatic rings. The molecule has 1 heterocycles. The van der Waals surface area contributed by atoms with Crippen LogP contribution in [0.4, 0.5) is 17.1 Å². The lowest BCUT2D eigenvalue weighted by atomic mass is 10.0. The summed E-state index contributed by atoms with van der Waals surface area (Å²) >= 11 is 0. The van der Waals surface area contributed by atoms with E-state index in [4.69, 9.17) is 4.74 Å². The van der Waals surface area contributed by atoms with Gasteiger partial charge in [0.1, 0.15) is 11.4 Å². The lowest BCUT2D eigenvalue weighted by molar-refractivity contribution is -0.384. The number of nitro groups is 1. The lowest BCUT2D eigenvalue weighted by Crippen LogP contribution is -2.34. The summed E-state index contributed by atoms with van der Waals surface area (Å²) < 4.78 is 5.81. The number of anilines is 2. The van der Waals surface area contributed by atoms with Crippen LogP contribution in [-0.2, 0) is 9.59 Å². The zero-order valence-electron chi connectivity index (χ0n) is 18.8. The van der Waals surface area contributed by atoms with Gasteiger partial charge in [-0.1, -0.05) is 37.3 Å². The monoisotopic (exact) mass is 457 g/mol. The Morgan fingerprint density at radius 2 is 1.56 bits per heavy atom. The number of ether oxygens (including phenoxy) is 1. The summed E-state index contributed by atoms with van der Waals surface area (Å²) in [5.74, 6) is -0.598. The van der Waals surface area contributed by atoms with E-state index in [0.717, 1.165) is 17.0 Å². The van der Waals surface area contributed by atoms with E-state index in [1.165, 1.54) is 24.3 Å². The minimum absolute atomic E-state index is 0.103. The number of imide groups is 1. The minimum atomic E-state index is -0.524. The normalized spacial score (nSPS) is 13.4. The van der Waals surface area contributed by atoms with Gasteiger partial charge in [-0.3, -0.25) is 19.7 Å². The van der Waals surface area contributed by atoms with Gasteiger partial charge in [-0.25, -0.2) is 4.90 Å². The highest BCUT2D eigenvalue weighted by Gasteiger charge is 2.43. The maximum Gasteiger partial charge on any atom is 0.282 e. The quantitative estimate of drug-likeness (QED) is 0.274. The molecule has 8 nitrogen and oxygen atoms in total. The topological polar surface area (TPSA) is 93.0 Å². The van der Waals surface area contributed by atoms with Crippen molar-refractivity contribution in [3.8, 4) is 5.75 Å². The van der Waals surface area contributed by atoms with E-state index in [0.29, 0.717) is 23.6 Å². The van der Waals surface area contributed by atoms with Crippen LogP contribution in [0.1, 0.15) is 18.9 Å². The SMILES string of the molecule is CCCOc1ccccc1N1C(=O)C(c2ccc([N+](=O)[O-])cc2)=C(N(C)c2ccccc2)C1=O. The molecule has 0 fully saturated rings. The van der Waals surface area contributed by atoms with Crippen LogP contribution in [0, 0.1) is 10.1 Å². The van der Waals surface area contributed by atoms with Crippen molar-refractivity contribution < 1.29 is 19.2 Å². The number of benzene rings is 3. The van der Waals surface area contributed by atoms with E-state index >= 15 is 0 Å². The van der Waals surface area contributed by atoms with Gasteiger partial charge in [0, 0.05) is 24.9 Å². The van der Waals surface area contributed by atoms with E-state index in [1.807, 2.05) is 37.3 Å². The molecule has 3 aromatic rings. The van der Waals surface area contributed by atoms with Gasteiger partial charge >= 0.3 is 0 Å². The average Bonchev–Trinajstić information content (AvgIpc) is 3.12. The van der Waals surface area contributed by atoms with Crippen LogP contribution < -0.4 is 14.5 Å². The third kappa shape index (κ3) is 4.13. The Hall–Kier alpha value is -4.46. The molecule has 0 atom stereocenters. The van der Waals surface area contributed by atoms with Gasteiger partial charge in [-0.2, -0.15) is 0 Å². The first kappa shape index (κ1) is 22.7. The Morgan fingerprint density at radius 3 is 2.21 bits per heavy atom. The lowest BCUT2D eigenvalue weighted by Gasteiger charge is -2.22. The highest BCUT2D eigenvalue weighted by atomic mass is 16.6. The van der Waals surface area contributed by atoms with Crippen LogP contribution >= 0.6 is 0 Å². The number of likely N-dealkylation sites (N-methyl/N-ethyl adjacent to an activating group) is 1. The zero-order valence-corrected chi connectivity index (χ0v) is 18.8. The summed E-state index contributed by atoms with van der Waals surface area (Å²) in [6.07, 6.45) is 0.768. The Bertz CT molecular complexity index is 1270. The molecule has 0 saturated heterocycles. The Kier molecular flexibility index (Phi) is 6.40. The molecule has 2 amide bonds. The van der Waals surface area contributed by atoms with Crippen molar-refractivity contribution in [2.24, 2.45) is 0 Å². The van der Waals surface area contributed by atoms with Crippen LogP contribution in [0.5, 0.6) is 5.75 Å². The van der Waals surface area contributed by atoms with Crippen molar-refractivity contribution in [1.29, 1.82) is 0 Å². The van der Waals surface area contributed by atoms with E-state index in [1.54, 1.807) is 36.2 Å². The summed E-state index contributed by atoms with van der Waals surface area (Å²) in [5, 5.41) is 11.1. The van der Waals surface area contributed by atoms with Crippen molar-refractivity contribution in [3.63, 3.8) is 0 Å². The van der Waals surface area contributed by atoms with Crippen molar-refractivity contribution >= 4 is 34.4 Å². The van der Waals surface area contributed by atoms with Gasteiger partial charge in [0.05, 0.1) is 22.8 Å². The second-order valence-corrected chi connectivity index (χ2v) is 7.68. The second kappa shape index (κ2) is 9.58. The molecule has 0 aromatic heterocycles. The summed E-state index contributed by atoms with van der Waals surface area (Å²) in [6, 6.07) is 21.7. The molecular weight excluding hydrogens is 434 g/mol. The largest absolute Gasteiger partial charge is 0.491 e. The first-order valence-electron chi connectivity index (χ1n) is 10.8. The van der Waals surface area contributed by atoms with Crippen molar-refractivity contribution in [2.45, 2.75) is 13.3 Å². The third-order valence-electron chi connectivity index (χ3n) is 5.47. The zero-order chi connectivity index (χ0) is 24.2. The Balaban J connectivity index is 1.85. The van der Waals surface area contributed by atoms with Gasteiger partial charge in [0.25, 0.3) is 17.5 Å². The summed E-state index contributed by atoms with van der Waals surface area (Å²) in [5.41, 5.74) is 1.72. The minimum Gasteiger partial charge on any atom is -0.491 e. The smallest absolute Gasteiger partial charge is 0.282 e. The molecular formula is C26H23N3O5. The molecule has 0 aliphatic carbocycles. The predicted octanol–water partition coefficient (Wildman–Crippen LogP) is 4.80. The van der Waals surface area contributed by atoms with Crippen molar-refractivity contribution in [3.05, 3.63) is 100 Å². The van der Waals surface area contributed by atoms with Crippen LogP contribution in [-0.4, -0.2) is 30.4 Å². The number of hydrogen-bond acceptors (Lipinski definition) is 6. The van der Waals surface area contributed by atoms with E-state index in [2.05, 4.69) is 0 Å². The molecule has 1 aliphatic heterocycles. The van der Waals surface area contributed by atoms with Crippen molar-refractivity contribution in [1.82, 2.24) is 0 Å². The standard InChI is InChI=1S/C26H23N3O5/c1-3-17-34-22-12-8-7-11-21(22)28-25(30)23(18-13-15-20(16-14-18)29(32)33)24(26(28)31)27(2)19-9-5-4-6-10-19/h4-16H,3,17H2,1-2H3.